The van der Waals surface area contributed by atoms with Gasteiger partial charge in [0.15, 0.2) is 12.4 Å². The van der Waals surface area contributed by atoms with E-state index in [1.54, 1.807) is 23.1 Å². The molecule has 0 bridgehead atoms. The maximum Gasteiger partial charge on any atom is 0.314 e. The summed E-state index contributed by atoms with van der Waals surface area (Å²) in [5, 5.41) is 0. The van der Waals surface area contributed by atoms with Crippen molar-refractivity contribution in [2.24, 2.45) is 5.92 Å². The van der Waals surface area contributed by atoms with Gasteiger partial charge in [-0.15, -0.1) is 0 Å². The molecule has 0 unspecified atom stereocenters. The molecular weight excluding hydrogens is 366 g/mol. The van der Waals surface area contributed by atoms with Crippen LogP contribution in [0.25, 0.3) is 0 Å². The van der Waals surface area contributed by atoms with Crippen molar-refractivity contribution in [1.82, 2.24) is 0 Å². The van der Waals surface area contributed by atoms with Crippen LogP contribution in [0.2, 0.25) is 0 Å². The van der Waals surface area contributed by atoms with Crippen molar-refractivity contribution in [3.8, 4) is 0 Å². The second-order valence-corrected chi connectivity index (χ2v) is 7.50. The molecular formula is C24H27NO4. The third-order valence-electron chi connectivity index (χ3n) is 5.52. The van der Waals surface area contributed by atoms with E-state index in [1.807, 2.05) is 50.2 Å². The Morgan fingerprint density at radius 3 is 2.52 bits per heavy atom. The van der Waals surface area contributed by atoms with E-state index in [9.17, 15) is 14.4 Å². The number of ketones is 1. The second-order valence-electron chi connectivity index (χ2n) is 7.50. The van der Waals surface area contributed by atoms with E-state index in [0.717, 1.165) is 18.4 Å². The molecule has 3 rings (SSSR count). The third kappa shape index (κ3) is 4.91. The molecule has 2 atom stereocenters. The minimum Gasteiger partial charge on any atom is -0.457 e. The molecule has 0 saturated carbocycles. The maximum atomic E-state index is 12.8. The molecule has 1 aliphatic rings. The summed E-state index contributed by atoms with van der Waals surface area (Å²) in [7, 11) is 0. The van der Waals surface area contributed by atoms with Crippen molar-refractivity contribution in [3.05, 3.63) is 65.7 Å². The van der Waals surface area contributed by atoms with Gasteiger partial charge >= 0.3 is 5.97 Å². The maximum absolute atomic E-state index is 12.8. The number of hydrogen-bond donors (Lipinski definition) is 0. The smallest absolute Gasteiger partial charge is 0.314 e. The minimum atomic E-state index is -0.400. The van der Waals surface area contributed by atoms with Crippen molar-refractivity contribution in [3.63, 3.8) is 0 Å². The minimum absolute atomic E-state index is 0.0697. The first-order valence-electron chi connectivity index (χ1n) is 10.2. The number of nitrogens with zero attached hydrogens (tertiary/aromatic N) is 1. The van der Waals surface area contributed by atoms with E-state index in [-0.39, 0.29) is 30.2 Å². The number of anilines is 1. The fraction of sp³-hybridized carbons (Fsp3) is 0.375. The summed E-state index contributed by atoms with van der Waals surface area (Å²) in [5.74, 6) is -0.889. The van der Waals surface area contributed by atoms with Crippen LogP contribution in [0, 0.1) is 5.92 Å². The summed E-state index contributed by atoms with van der Waals surface area (Å²) in [6.45, 7) is 4.40. The van der Waals surface area contributed by atoms with Crippen LogP contribution in [-0.2, 0) is 14.3 Å². The van der Waals surface area contributed by atoms with Gasteiger partial charge in [0.1, 0.15) is 0 Å². The Labute approximate surface area is 171 Å². The number of ether oxygens (including phenoxy) is 1. The molecule has 152 valence electrons. The van der Waals surface area contributed by atoms with E-state index in [1.165, 1.54) is 0 Å². The number of Topliss-reactive ketones (excluding diaryl/α,β-unsaturated/α-hetero) is 1. The zero-order valence-electron chi connectivity index (χ0n) is 17.0. The first kappa shape index (κ1) is 20.8. The van der Waals surface area contributed by atoms with Gasteiger partial charge in [-0.05, 0) is 30.0 Å². The number of benzene rings is 2. The second kappa shape index (κ2) is 9.50. The van der Waals surface area contributed by atoms with Crippen molar-refractivity contribution >= 4 is 23.3 Å². The van der Waals surface area contributed by atoms with Crippen LogP contribution >= 0.6 is 0 Å². The van der Waals surface area contributed by atoms with Crippen molar-refractivity contribution in [1.29, 1.82) is 0 Å². The molecule has 2 aromatic rings. The van der Waals surface area contributed by atoms with E-state index in [4.69, 9.17) is 4.74 Å². The molecule has 0 spiro atoms. The monoisotopic (exact) mass is 393 g/mol. The first-order chi connectivity index (χ1) is 14.0. The number of esters is 1. The number of carbonyl (C=O) groups excluding carboxylic acids is 3. The molecule has 5 heteroatoms. The highest BCUT2D eigenvalue weighted by Crippen LogP contribution is 2.28. The van der Waals surface area contributed by atoms with Crippen molar-refractivity contribution in [2.45, 2.75) is 39.0 Å². The lowest BCUT2D eigenvalue weighted by Gasteiger charge is -2.22. The summed E-state index contributed by atoms with van der Waals surface area (Å²) in [5.41, 5.74) is 2.05. The molecule has 1 fully saturated rings. The lowest BCUT2D eigenvalue weighted by atomic mass is 9.85. The predicted octanol–water partition coefficient (Wildman–Crippen LogP) is 4.37. The number of rotatable bonds is 8. The molecule has 0 aromatic heterocycles. The molecule has 5 nitrogen and oxygen atoms in total. The zero-order chi connectivity index (χ0) is 20.8. The molecule has 0 aliphatic carbocycles. The van der Waals surface area contributed by atoms with Crippen LogP contribution in [-0.4, -0.2) is 30.8 Å². The predicted molar refractivity (Wildman–Crippen MR) is 112 cm³/mol. The fourth-order valence-electron chi connectivity index (χ4n) is 3.67. The quantitative estimate of drug-likeness (QED) is 0.493. The largest absolute Gasteiger partial charge is 0.457 e. The molecule has 29 heavy (non-hydrogen) atoms. The van der Waals surface area contributed by atoms with Crippen molar-refractivity contribution < 1.29 is 19.1 Å². The highest BCUT2D eigenvalue weighted by molar-refractivity contribution is 6.01. The Hall–Kier alpha value is -2.95. The summed E-state index contributed by atoms with van der Waals surface area (Å²) < 4.78 is 5.42. The van der Waals surface area contributed by atoms with Gasteiger partial charge in [-0.1, -0.05) is 62.7 Å². The van der Waals surface area contributed by atoms with Crippen molar-refractivity contribution in [2.75, 3.05) is 18.1 Å². The lowest BCUT2D eigenvalue weighted by molar-refractivity contribution is -0.145. The molecule has 1 saturated heterocycles. The fourth-order valence-corrected chi connectivity index (χ4v) is 3.67. The van der Waals surface area contributed by atoms with Gasteiger partial charge in [-0.25, -0.2) is 0 Å². The van der Waals surface area contributed by atoms with E-state index >= 15 is 0 Å². The van der Waals surface area contributed by atoms with Crippen LogP contribution < -0.4 is 4.90 Å². The molecule has 0 radical (unpaired) electrons. The zero-order valence-corrected chi connectivity index (χ0v) is 17.0. The topological polar surface area (TPSA) is 63.7 Å². The van der Waals surface area contributed by atoms with Gasteiger partial charge in [0.05, 0.1) is 5.92 Å². The van der Waals surface area contributed by atoms with Gasteiger partial charge in [-0.2, -0.15) is 0 Å². The average Bonchev–Trinajstić information content (AvgIpc) is 3.18. The summed E-state index contributed by atoms with van der Waals surface area (Å²) >= 11 is 0. The summed E-state index contributed by atoms with van der Waals surface area (Å²) in [6.07, 6.45) is 2.19. The summed E-state index contributed by atoms with van der Waals surface area (Å²) in [4.78, 5) is 39.0. The molecule has 2 aromatic carbocycles. The van der Waals surface area contributed by atoms with E-state index < -0.39 is 5.92 Å². The van der Waals surface area contributed by atoms with Crippen LogP contribution in [0.5, 0.6) is 0 Å². The molecule has 1 amide bonds. The Balaban J connectivity index is 1.68. The Morgan fingerprint density at radius 1 is 1.10 bits per heavy atom. The third-order valence-corrected chi connectivity index (χ3v) is 5.52. The Bertz CT molecular complexity index is 877. The van der Waals surface area contributed by atoms with Crippen LogP contribution in [0.3, 0.4) is 0 Å². The lowest BCUT2D eigenvalue weighted by Crippen LogP contribution is -2.25. The normalized spacial score (nSPS) is 15.8. The van der Waals surface area contributed by atoms with Gasteiger partial charge in [-0.3, -0.25) is 14.4 Å². The highest BCUT2D eigenvalue weighted by atomic mass is 16.5. The number of hydrogen-bond acceptors (Lipinski definition) is 4. The van der Waals surface area contributed by atoms with E-state index in [0.29, 0.717) is 24.2 Å². The Kier molecular flexibility index (Phi) is 6.81. The van der Waals surface area contributed by atoms with Crippen LogP contribution in [0.15, 0.2) is 54.6 Å². The summed E-state index contributed by atoms with van der Waals surface area (Å²) in [6, 6.07) is 16.5. The van der Waals surface area contributed by atoms with Gasteiger partial charge in [0.25, 0.3) is 0 Å². The van der Waals surface area contributed by atoms with Crippen LogP contribution in [0.4, 0.5) is 5.69 Å². The molecule has 1 aliphatic heterocycles. The number of amides is 1. The SMILES string of the molecule is CC[C@H](C)[C@H](C(=O)OCC(=O)c1cccc(N2CCCC2=O)c1)c1ccccc1. The Morgan fingerprint density at radius 2 is 1.86 bits per heavy atom. The van der Waals surface area contributed by atoms with Gasteiger partial charge in [0, 0.05) is 24.2 Å². The van der Waals surface area contributed by atoms with E-state index in [2.05, 4.69) is 0 Å². The van der Waals surface area contributed by atoms with Gasteiger partial charge < -0.3 is 9.64 Å². The standard InChI is InChI=1S/C24H27NO4/c1-3-17(2)23(18-9-5-4-6-10-18)24(28)29-16-21(26)19-11-7-12-20(15-19)25-14-8-13-22(25)27/h4-7,9-12,15,17,23H,3,8,13-14,16H2,1-2H3/t17-,23-/m0/s1. The highest BCUT2D eigenvalue weighted by Gasteiger charge is 2.28. The van der Waals surface area contributed by atoms with Crippen LogP contribution in [0.1, 0.15) is 54.9 Å². The van der Waals surface area contributed by atoms with Gasteiger partial charge in [0.2, 0.25) is 5.91 Å². The first-order valence-corrected chi connectivity index (χ1v) is 10.2. The number of carbonyl (C=O) groups is 3. The molecule has 1 heterocycles. The average molecular weight is 393 g/mol. The molecule has 0 N–H and O–H groups in total.